The molecule has 0 saturated carbocycles. The largest absolute Gasteiger partial charge is 2.00 e. The third kappa shape index (κ3) is 9.66. The van der Waals surface area contributed by atoms with Gasteiger partial charge in [0, 0.05) is 54.1 Å². The Morgan fingerprint density at radius 2 is 0.697 bits per heavy atom. The summed E-state index contributed by atoms with van der Waals surface area (Å²) in [6, 6.07) is 1.20. The Hall–Kier alpha value is -0.358. The minimum atomic E-state index is -2.71. The van der Waals surface area contributed by atoms with Crippen LogP contribution in [-0.4, -0.2) is 68.7 Å². The fourth-order valence-electron chi connectivity index (χ4n) is 3.78. The monoisotopic (exact) mass is 687 g/mol. The number of rotatable bonds is 16. The first kappa shape index (κ1) is 37.2. The van der Waals surface area contributed by atoms with Crippen molar-refractivity contribution in [3.05, 3.63) is 0 Å². The van der Waals surface area contributed by atoms with Gasteiger partial charge in [0.25, 0.3) is 0 Å². The smallest absolute Gasteiger partial charge is 0.397 e. The second kappa shape index (κ2) is 18.9. The normalized spacial score (nSPS) is 11.5. The van der Waals surface area contributed by atoms with E-state index in [1.165, 1.54) is 28.4 Å². The Bertz CT molecular complexity index is 507. The molecule has 0 unspecified atom stereocenters. The molecule has 0 radical (unpaired) electrons. The van der Waals surface area contributed by atoms with Gasteiger partial charge in [0.1, 0.15) is 34.2 Å². The minimum absolute atomic E-state index is 0. The summed E-state index contributed by atoms with van der Waals surface area (Å²) in [5.41, 5.74) is -1.36. The standard InChI is InChI=1S/2C11H22O4Si.Pt/c2*1-6-9(12)11(10(13)7-2)16(8-3,14-4)15-5;/h2*11H,6-8H2,1-5H3;/q;;+2. The van der Waals surface area contributed by atoms with E-state index in [2.05, 4.69) is 0 Å². The maximum atomic E-state index is 11.9. The van der Waals surface area contributed by atoms with Gasteiger partial charge in [-0.05, 0) is 12.1 Å². The quantitative estimate of drug-likeness (QED) is 0.176. The van der Waals surface area contributed by atoms with Crippen LogP contribution in [-0.2, 0) is 57.9 Å². The van der Waals surface area contributed by atoms with Crippen molar-refractivity contribution in [2.75, 3.05) is 28.4 Å². The molecule has 196 valence electrons. The van der Waals surface area contributed by atoms with Crippen LogP contribution in [0.3, 0.4) is 0 Å². The second-order valence-corrected chi connectivity index (χ2v) is 14.7. The molecule has 11 heteroatoms. The molecule has 0 aliphatic rings. The van der Waals surface area contributed by atoms with Crippen LogP contribution in [0.2, 0.25) is 23.2 Å². The predicted molar refractivity (Wildman–Crippen MR) is 129 cm³/mol. The van der Waals surface area contributed by atoms with Crippen LogP contribution in [0, 0.1) is 0 Å². The zero-order valence-corrected chi connectivity index (χ0v) is 26.3. The van der Waals surface area contributed by atoms with Gasteiger partial charge in [-0.25, -0.2) is 0 Å². The summed E-state index contributed by atoms with van der Waals surface area (Å²) in [6.07, 6.45) is 1.38. The summed E-state index contributed by atoms with van der Waals surface area (Å²) in [4.78, 5) is 47.6. The van der Waals surface area contributed by atoms with Gasteiger partial charge in [0.2, 0.25) is 0 Å². The third-order valence-electron chi connectivity index (χ3n) is 5.93. The fourth-order valence-corrected chi connectivity index (χ4v) is 9.81. The Labute approximate surface area is 216 Å². The maximum Gasteiger partial charge on any atom is 2.00 e. The van der Waals surface area contributed by atoms with Gasteiger partial charge in [-0.3, -0.25) is 19.2 Å². The first-order valence-electron chi connectivity index (χ1n) is 11.4. The first-order chi connectivity index (χ1) is 15.0. The summed E-state index contributed by atoms with van der Waals surface area (Å²) in [7, 11) is 0.676. The van der Waals surface area contributed by atoms with Crippen molar-refractivity contribution < 1.29 is 57.9 Å². The van der Waals surface area contributed by atoms with E-state index < -0.39 is 28.2 Å². The summed E-state index contributed by atoms with van der Waals surface area (Å²) in [6.45, 7) is 10.9. The molecule has 33 heavy (non-hydrogen) atoms. The number of Topliss-reactive ketones (excluding diaryl/α,β-unsaturated/α-hetero) is 4. The van der Waals surface area contributed by atoms with E-state index in [4.69, 9.17) is 17.7 Å². The van der Waals surface area contributed by atoms with Crippen LogP contribution in [0.15, 0.2) is 0 Å². The van der Waals surface area contributed by atoms with Gasteiger partial charge in [-0.15, -0.1) is 0 Å². The summed E-state index contributed by atoms with van der Waals surface area (Å²) < 4.78 is 21.7. The van der Waals surface area contributed by atoms with Gasteiger partial charge < -0.3 is 17.7 Å². The molecule has 8 nitrogen and oxygen atoms in total. The van der Waals surface area contributed by atoms with Crippen LogP contribution in [0.1, 0.15) is 67.2 Å². The van der Waals surface area contributed by atoms with Crippen molar-refractivity contribution in [3.8, 4) is 0 Å². The fraction of sp³-hybridized carbons (Fsp3) is 0.818. The van der Waals surface area contributed by atoms with Gasteiger partial charge in [-0.1, -0.05) is 41.5 Å². The molecule has 0 spiro atoms. The van der Waals surface area contributed by atoms with Crippen molar-refractivity contribution >= 4 is 40.3 Å². The molecule has 0 aliphatic carbocycles. The van der Waals surface area contributed by atoms with Gasteiger partial charge in [-0.2, -0.15) is 0 Å². The van der Waals surface area contributed by atoms with E-state index >= 15 is 0 Å². The van der Waals surface area contributed by atoms with Crippen molar-refractivity contribution in [1.82, 2.24) is 0 Å². The van der Waals surface area contributed by atoms with Gasteiger partial charge in [0.05, 0.1) is 0 Å². The number of hydrogen-bond acceptors (Lipinski definition) is 8. The van der Waals surface area contributed by atoms with Gasteiger partial charge >= 0.3 is 38.2 Å². The molecule has 0 fully saturated rings. The molecule has 0 bridgehead atoms. The molecule has 0 atom stereocenters. The average molecular weight is 688 g/mol. The Balaban J connectivity index is -0.000000529. The maximum absolute atomic E-state index is 11.9. The topological polar surface area (TPSA) is 105 Å². The predicted octanol–water partition coefficient (Wildman–Crippen LogP) is 4.14. The van der Waals surface area contributed by atoms with E-state index in [-0.39, 0.29) is 44.2 Å². The van der Waals surface area contributed by atoms with E-state index in [0.717, 1.165) is 0 Å². The Kier molecular flexibility index (Phi) is 21.3. The molecule has 0 N–H and O–H groups in total. The molecule has 0 rings (SSSR count). The van der Waals surface area contributed by atoms with Crippen LogP contribution >= 0.6 is 0 Å². The van der Waals surface area contributed by atoms with Crippen LogP contribution in [0.25, 0.3) is 0 Å². The summed E-state index contributed by atoms with van der Waals surface area (Å²) in [5, 5.41) is 0. The molecule has 0 amide bonds. The number of carbonyl (C=O) groups is 4. The molecule has 0 aliphatic heterocycles. The minimum Gasteiger partial charge on any atom is -0.397 e. The van der Waals surface area contributed by atoms with E-state index in [9.17, 15) is 19.2 Å². The molecule has 0 aromatic rings. The number of hydrogen-bond donors (Lipinski definition) is 0. The summed E-state index contributed by atoms with van der Waals surface area (Å²) in [5.74, 6) is -0.263. The molecular formula is C22H44O8PtSi2+2. The zero-order chi connectivity index (χ0) is 25.5. The molecule has 0 aromatic heterocycles. The van der Waals surface area contributed by atoms with Crippen LogP contribution in [0.4, 0.5) is 0 Å². The Morgan fingerprint density at radius 3 is 0.788 bits per heavy atom. The van der Waals surface area contributed by atoms with Gasteiger partial charge in [0.15, 0.2) is 0 Å². The molecule has 0 aromatic carbocycles. The van der Waals surface area contributed by atoms with Crippen LogP contribution in [0.5, 0.6) is 0 Å². The number of ketones is 4. The van der Waals surface area contributed by atoms with Crippen molar-refractivity contribution in [1.29, 1.82) is 0 Å². The summed E-state index contributed by atoms with van der Waals surface area (Å²) >= 11 is 0. The second-order valence-electron chi connectivity index (χ2n) is 7.29. The molecular weight excluding hydrogens is 643 g/mol. The third-order valence-corrected chi connectivity index (χ3v) is 13.7. The molecule has 0 saturated heterocycles. The Morgan fingerprint density at radius 1 is 0.515 bits per heavy atom. The van der Waals surface area contributed by atoms with Crippen LogP contribution < -0.4 is 0 Å². The molecule has 0 heterocycles. The average Bonchev–Trinajstić information content (AvgIpc) is 2.84. The first-order valence-corrected chi connectivity index (χ1v) is 15.6. The SMILES string of the molecule is CCC(=O)C(C(=O)CC)[Si](CC)(OC)OC.CCC(=O)C(C(=O)CC)[Si](CC)(OC)OC.[Pt+2]. The van der Waals surface area contributed by atoms with Crippen molar-refractivity contribution in [3.63, 3.8) is 0 Å². The van der Waals surface area contributed by atoms with E-state index in [1.54, 1.807) is 27.7 Å². The van der Waals surface area contributed by atoms with Crippen molar-refractivity contribution in [2.24, 2.45) is 0 Å². The van der Waals surface area contributed by atoms with E-state index in [0.29, 0.717) is 37.8 Å². The number of carbonyl (C=O) groups excluding carboxylic acids is 4. The van der Waals surface area contributed by atoms with Crippen molar-refractivity contribution in [2.45, 2.75) is 90.4 Å². The van der Waals surface area contributed by atoms with E-state index in [1.807, 2.05) is 13.8 Å². The zero-order valence-electron chi connectivity index (χ0n) is 22.0.